The van der Waals surface area contributed by atoms with Crippen molar-refractivity contribution in [2.24, 2.45) is 0 Å². The van der Waals surface area contributed by atoms with Crippen LogP contribution in [0.5, 0.6) is 0 Å². The summed E-state index contributed by atoms with van der Waals surface area (Å²) in [5.74, 6) is -0.597. The zero-order chi connectivity index (χ0) is 56.4. The average Bonchev–Trinajstić information content (AvgIpc) is 3.39. The number of phosphoric acid groups is 1. The molecule has 0 aliphatic rings. The van der Waals surface area contributed by atoms with E-state index in [2.05, 4.69) is 74.7 Å². The predicted octanol–water partition coefficient (Wildman–Crippen LogP) is 19.6. The van der Waals surface area contributed by atoms with E-state index in [1.54, 1.807) is 0 Å². The Morgan fingerprint density at radius 2 is 0.805 bits per heavy atom. The van der Waals surface area contributed by atoms with Crippen LogP contribution in [0.1, 0.15) is 303 Å². The summed E-state index contributed by atoms with van der Waals surface area (Å²) in [5.41, 5.74) is 0. The van der Waals surface area contributed by atoms with E-state index in [9.17, 15) is 19.0 Å². The van der Waals surface area contributed by atoms with Gasteiger partial charge in [0.1, 0.15) is 19.3 Å². The number of rotatable bonds is 59. The first-order valence-corrected chi connectivity index (χ1v) is 34.1. The Hall–Kier alpha value is -2.29. The van der Waals surface area contributed by atoms with Gasteiger partial charge >= 0.3 is 5.97 Å². The summed E-state index contributed by atoms with van der Waals surface area (Å²) < 4.78 is 30.3. The van der Waals surface area contributed by atoms with E-state index in [4.69, 9.17) is 13.8 Å². The van der Waals surface area contributed by atoms with Crippen LogP contribution in [0.15, 0.2) is 60.8 Å². The third-order valence-electron chi connectivity index (χ3n) is 14.5. The van der Waals surface area contributed by atoms with Crippen LogP contribution >= 0.6 is 7.82 Å². The van der Waals surface area contributed by atoms with E-state index < -0.39 is 32.5 Å². The Morgan fingerprint density at radius 1 is 0.455 bits per heavy atom. The Kier molecular flexibility index (Phi) is 55.3. The smallest absolute Gasteiger partial charge is 0.306 e. The van der Waals surface area contributed by atoms with Gasteiger partial charge in [-0.3, -0.25) is 14.2 Å². The number of carbonyl (C=O) groups excluding carboxylic acids is 2. The lowest BCUT2D eigenvalue weighted by molar-refractivity contribution is -0.870. The number of hydrogen-bond donors (Lipinski definition) is 1. The highest BCUT2D eigenvalue weighted by Gasteiger charge is 2.27. The van der Waals surface area contributed by atoms with Crippen molar-refractivity contribution in [3.05, 3.63) is 60.8 Å². The van der Waals surface area contributed by atoms with Crippen LogP contribution in [0, 0.1) is 0 Å². The van der Waals surface area contributed by atoms with Crippen LogP contribution in [0.25, 0.3) is 0 Å². The number of carbonyl (C=O) groups is 2. The fraction of sp³-hybridized carbons (Fsp3) is 0.821. The molecule has 0 saturated carbocycles. The summed E-state index contributed by atoms with van der Waals surface area (Å²) in [5, 5.41) is 3.02. The van der Waals surface area contributed by atoms with Crippen LogP contribution in [-0.2, 0) is 27.9 Å². The molecule has 1 N–H and O–H groups in total. The fourth-order valence-electron chi connectivity index (χ4n) is 9.40. The maximum atomic E-state index is 13.5. The van der Waals surface area contributed by atoms with E-state index in [1.165, 1.54) is 199 Å². The molecule has 0 saturated heterocycles. The van der Waals surface area contributed by atoms with Crippen molar-refractivity contribution >= 4 is 19.7 Å². The first-order chi connectivity index (χ1) is 37.4. The summed E-state index contributed by atoms with van der Waals surface area (Å²) in [6, 6.07) is -0.909. The Labute approximate surface area is 477 Å². The van der Waals surface area contributed by atoms with E-state index >= 15 is 0 Å². The molecule has 450 valence electrons. The number of nitrogens with one attached hydrogen (secondary N) is 1. The van der Waals surface area contributed by atoms with Gasteiger partial charge in [-0.05, 0) is 70.3 Å². The van der Waals surface area contributed by atoms with Gasteiger partial charge in [-0.2, -0.15) is 0 Å². The SMILES string of the molecule is CCCCC/C=C\C/C=C\C/C=C\C/C=C\CCCC(=O)OC(/C=C/CCCCCCCCCCC)C(COP(=O)([O-])OCC[N+](C)(C)C)NC(=O)CCCCCCCCCCCCCCCCCCCCCCCCC. The molecule has 0 bridgehead atoms. The number of nitrogens with zero attached hydrogens (tertiary/aromatic N) is 1. The molecular weight excluding hydrogens is 976 g/mol. The van der Waals surface area contributed by atoms with E-state index in [1.807, 2.05) is 33.3 Å². The number of ether oxygens (including phenoxy) is 1. The minimum atomic E-state index is -4.71. The molecule has 0 fully saturated rings. The minimum Gasteiger partial charge on any atom is -0.756 e. The van der Waals surface area contributed by atoms with E-state index in [-0.39, 0.29) is 18.9 Å². The number of hydrogen-bond acceptors (Lipinski definition) is 7. The molecule has 0 spiro atoms. The summed E-state index contributed by atoms with van der Waals surface area (Å²) >= 11 is 0. The number of amides is 1. The van der Waals surface area contributed by atoms with Gasteiger partial charge in [0, 0.05) is 12.8 Å². The quantitative estimate of drug-likeness (QED) is 0.0212. The zero-order valence-electron chi connectivity index (χ0n) is 51.4. The van der Waals surface area contributed by atoms with Crippen molar-refractivity contribution in [1.29, 1.82) is 0 Å². The van der Waals surface area contributed by atoms with E-state index in [0.717, 1.165) is 64.2 Å². The molecule has 0 aliphatic carbocycles. The lowest BCUT2D eigenvalue weighted by atomic mass is 10.0. The molecular formula is C67H125N2O7P. The predicted molar refractivity (Wildman–Crippen MR) is 330 cm³/mol. The molecule has 3 unspecified atom stereocenters. The van der Waals surface area contributed by atoms with Crippen molar-refractivity contribution in [1.82, 2.24) is 5.32 Å². The lowest BCUT2D eigenvalue weighted by Gasteiger charge is -2.30. The molecule has 0 aromatic rings. The van der Waals surface area contributed by atoms with Gasteiger partial charge in [0.25, 0.3) is 7.82 Å². The second-order valence-electron chi connectivity index (χ2n) is 23.3. The standard InChI is InChI=1S/C67H125N2O7P/c1-7-10-13-16-19-22-25-27-29-31-32-33-34-35-36-38-39-41-44-47-50-53-56-59-66(70)68-64(63-75-77(72,73)74-62-61-69(4,5)6)65(58-55-52-49-46-43-24-21-18-15-12-9-3)76-67(71)60-57-54-51-48-45-42-40-37-30-28-26-23-20-17-14-11-8-2/h20,23,28,30,40,42,48,51,55,58,64-65H,7-19,21-22,24-27,29,31-39,41,43-47,49-50,52-54,56-57,59-63H2,1-6H3,(H-,68,70,72,73)/b23-20-,30-28-,42-40-,51-48-,58-55+. The fourth-order valence-corrected chi connectivity index (χ4v) is 10.1. The number of phosphoric ester groups is 1. The van der Waals surface area contributed by atoms with Gasteiger partial charge in [-0.25, -0.2) is 0 Å². The van der Waals surface area contributed by atoms with Crippen LogP contribution in [0.3, 0.4) is 0 Å². The molecule has 3 atom stereocenters. The van der Waals surface area contributed by atoms with Gasteiger partial charge in [0.2, 0.25) is 5.91 Å². The van der Waals surface area contributed by atoms with Crippen molar-refractivity contribution in [3.63, 3.8) is 0 Å². The first kappa shape index (κ1) is 74.7. The van der Waals surface area contributed by atoms with Crippen molar-refractivity contribution in [2.45, 2.75) is 315 Å². The normalized spacial score (nSPS) is 14.0. The van der Waals surface area contributed by atoms with E-state index in [0.29, 0.717) is 23.9 Å². The van der Waals surface area contributed by atoms with Crippen LogP contribution < -0.4 is 10.2 Å². The number of likely N-dealkylation sites (N-methyl/N-ethyl adjacent to an activating group) is 1. The zero-order valence-corrected chi connectivity index (χ0v) is 52.3. The first-order valence-electron chi connectivity index (χ1n) is 32.6. The van der Waals surface area contributed by atoms with Gasteiger partial charge in [-0.15, -0.1) is 0 Å². The third-order valence-corrected chi connectivity index (χ3v) is 15.4. The van der Waals surface area contributed by atoms with Gasteiger partial charge in [0.05, 0.1) is 33.8 Å². The Bertz CT molecular complexity index is 1500. The highest BCUT2D eigenvalue weighted by molar-refractivity contribution is 7.45. The van der Waals surface area contributed by atoms with Crippen molar-refractivity contribution in [3.8, 4) is 0 Å². The Morgan fingerprint density at radius 3 is 1.23 bits per heavy atom. The Balaban J connectivity index is 5.16. The number of quaternary nitrogens is 1. The topological polar surface area (TPSA) is 114 Å². The monoisotopic (exact) mass is 1100 g/mol. The highest BCUT2D eigenvalue weighted by Crippen LogP contribution is 2.38. The summed E-state index contributed by atoms with van der Waals surface area (Å²) in [7, 11) is 1.16. The highest BCUT2D eigenvalue weighted by atomic mass is 31.2. The molecule has 10 heteroatoms. The maximum Gasteiger partial charge on any atom is 0.306 e. The summed E-state index contributed by atoms with van der Waals surface area (Å²) in [6.07, 6.45) is 72.1. The molecule has 9 nitrogen and oxygen atoms in total. The van der Waals surface area contributed by atoms with Gasteiger partial charge in [0.15, 0.2) is 0 Å². The van der Waals surface area contributed by atoms with Crippen LogP contribution in [0.4, 0.5) is 0 Å². The average molecular weight is 1100 g/mol. The molecule has 0 rings (SSSR count). The largest absolute Gasteiger partial charge is 0.756 e. The maximum absolute atomic E-state index is 13.5. The number of allylic oxidation sites excluding steroid dienone is 9. The molecule has 0 heterocycles. The molecule has 0 radical (unpaired) electrons. The summed E-state index contributed by atoms with van der Waals surface area (Å²) in [6.45, 7) is 6.80. The van der Waals surface area contributed by atoms with Crippen LogP contribution in [0.2, 0.25) is 0 Å². The van der Waals surface area contributed by atoms with Gasteiger partial charge in [-0.1, -0.05) is 281 Å². The molecule has 0 aromatic heterocycles. The second-order valence-corrected chi connectivity index (χ2v) is 24.7. The minimum absolute atomic E-state index is 0.0304. The van der Waals surface area contributed by atoms with Gasteiger partial charge < -0.3 is 28.5 Å². The molecule has 1 amide bonds. The second kappa shape index (κ2) is 57.0. The third kappa shape index (κ3) is 58.2. The lowest BCUT2D eigenvalue weighted by Crippen LogP contribution is -2.47. The van der Waals surface area contributed by atoms with Crippen LogP contribution in [-0.4, -0.2) is 69.4 Å². The number of unbranched alkanes of at least 4 members (excludes halogenated alkanes) is 35. The number of esters is 1. The van der Waals surface area contributed by atoms with Crippen molar-refractivity contribution < 1.29 is 37.3 Å². The summed E-state index contributed by atoms with van der Waals surface area (Å²) in [4.78, 5) is 40.0. The molecule has 77 heavy (non-hydrogen) atoms. The van der Waals surface area contributed by atoms with Crippen molar-refractivity contribution in [2.75, 3.05) is 40.9 Å². The molecule has 0 aliphatic heterocycles. The molecule has 0 aromatic carbocycles.